The number of nitrogens with zero attached hydrogens (tertiary/aromatic N) is 3. The number of nitrogens with one attached hydrogen (secondary N) is 2. The van der Waals surface area contributed by atoms with E-state index in [1.807, 2.05) is 6.07 Å². The zero-order valence-electron chi connectivity index (χ0n) is 15.1. The lowest BCUT2D eigenvalue weighted by molar-refractivity contribution is 0.0527. The van der Waals surface area contributed by atoms with Gasteiger partial charge in [0.2, 0.25) is 5.95 Å². The van der Waals surface area contributed by atoms with Crippen LogP contribution in [-0.2, 0) is 4.74 Å². The highest BCUT2D eigenvalue weighted by Crippen LogP contribution is 2.22. The molecule has 1 aromatic heterocycles. The van der Waals surface area contributed by atoms with Crippen LogP contribution in [0.1, 0.15) is 55.8 Å². The zero-order chi connectivity index (χ0) is 18.2. The fraction of sp³-hybridized carbons (Fsp3) is 0.474. The molecule has 0 spiro atoms. The van der Waals surface area contributed by atoms with E-state index in [1.54, 1.807) is 31.3 Å². The molecule has 0 radical (unpaired) electrons. The minimum atomic E-state index is -0.378. The first-order valence-corrected chi connectivity index (χ1v) is 9.25. The third-order valence-electron chi connectivity index (χ3n) is 4.43. The summed E-state index contributed by atoms with van der Waals surface area (Å²) in [7, 11) is 0. The number of ether oxygens (including phenoxy) is 1. The smallest absolute Gasteiger partial charge is 0.340 e. The number of carbonyl (C=O) groups is 1. The van der Waals surface area contributed by atoms with Crippen molar-refractivity contribution in [2.75, 3.05) is 17.2 Å². The van der Waals surface area contributed by atoms with Crippen LogP contribution in [0.4, 0.5) is 17.5 Å². The number of esters is 1. The van der Waals surface area contributed by atoms with E-state index in [0.717, 1.165) is 12.8 Å². The minimum Gasteiger partial charge on any atom is -0.462 e. The predicted octanol–water partition coefficient (Wildman–Crippen LogP) is 3.93. The number of aromatic nitrogens is 3. The summed E-state index contributed by atoms with van der Waals surface area (Å²) in [5.74, 6) is 0.666. The topological polar surface area (TPSA) is 89.0 Å². The number of para-hydroxylation sites is 1. The van der Waals surface area contributed by atoms with E-state index in [0.29, 0.717) is 35.7 Å². The molecule has 0 saturated heterocycles. The Kier molecular flexibility index (Phi) is 6.35. The molecular formula is C19H25N5O2. The number of rotatable bonds is 6. The van der Waals surface area contributed by atoms with E-state index in [-0.39, 0.29) is 5.97 Å². The van der Waals surface area contributed by atoms with Gasteiger partial charge in [0.15, 0.2) is 5.82 Å². The van der Waals surface area contributed by atoms with Gasteiger partial charge in [-0.2, -0.15) is 10.1 Å². The van der Waals surface area contributed by atoms with Crippen LogP contribution in [0.25, 0.3) is 0 Å². The summed E-state index contributed by atoms with van der Waals surface area (Å²) in [6.07, 6.45) is 9.03. The first-order valence-electron chi connectivity index (χ1n) is 9.25. The molecule has 3 rings (SSSR count). The van der Waals surface area contributed by atoms with E-state index >= 15 is 0 Å². The molecule has 26 heavy (non-hydrogen) atoms. The van der Waals surface area contributed by atoms with E-state index in [4.69, 9.17) is 4.74 Å². The van der Waals surface area contributed by atoms with Crippen molar-refractivity contribution in [1.82, 2.24) is 15.2 Å². The van der Waals surface area contributed by atoms with Gasteiger partial charge in [-0.15, -0.1) is 5.10 Å². The third kappa shape index (κ3) is 4.91. The molecule has 2 aromatic rings. The molecule has 1 heterocycles. The van der Waals surface area contributed by atoms with Crippen LogP contribution in [0, 0.1) is 0 Å². The molecule has 2 N–H and O–H groups in total. The van der Waals surface area contributed by atoms with Gasteiger partial charge < -0.3 is 15.4 Å². The van der Waals surface area contributed by atoms with Crippen molar-refractivity contribution in [3.8, 4) is 0 Å². The fourth-order valence-electron chi connectivity index (χ4n) is 3.16. The first-order chi connectivity index (χ1) is 12.8. The standard InChI is InChI=1S/C19H25N5O2/c1-2-26-18(25)15-11-7-8-12-16(15)22-19-23-17(13-20-24-19)21-14-9-5-3-4-6-10-14/h7-8,11-14H,2-6,9-10H2,1H3,(H2,21,22,23,24). The maximum Gasteiger partial charge on any atom is 0.340 e. The van der Waals surface area contributed by atoms with Gasteiger partial charge in [0, 0.05) is 6.04 Å². The summed E-state index contributed by atoms with van der Waals surface area (Å²) in [4.78, 5) is 16.6. The maximum atomic E-state index is 12.1. The van der Waals surface area contributed by atoms with E-state index < -0.39 is 0 Å². The summed E-state index contributed by atoms with van der Waals surface area (Å²) in [5.41, 5.74) is 1.04. The molecular weight excluding hydrogens is 330 g/mol. The van der Waals surface area contributed by atoms with Gasteiger partial charge in [0.1, 0.15) is 0 Å². The van der Waals surface area contributed by atoms with Gasteiger partial charge in [-0.05, 0) is 31.9 Å². The maximum absolute atomic E-state index is 12.1. The van der Waals surface area contributed by atoms with Crippen molar-refractivity contribution in [3.63, 3.8) is 0 Å². The highest BCUT2D eigenvalue weighted by atomic mass is 16.5. The van der Waals surface area contributed by atoms with Crippen LogP contribution >= 0.6 is 0 Å². The van der Waals surface area contributed by atoms with E-state index in [9.17, 15) is 4.79 Å². The second-order valence-corrected chi connectivity index (χ2v) is 6.39. The molecule has 0 atom stereocenters. The molecule has 1 aliphatic rings. The Labute approximate surface area is 153 Å². The van der Waals surface area contributed by atoms with Crippen molar-refractivity contribution >= 4 is 23.4 Å². The molecule has 138 valence electrons. The number of anilines is 3. The van der Waals surface area contributed by atoms with E-state index in [1.165, 1.54) is 25.7 Å². The average Bonchev–Trinajstić information content (AvgIpc) is 2.91. The van der Waals surface area contributed by atoms with Crippen molar-refractivity contribution in [1.29, 1.82) is 0 Å². The Morgan fingerprint density at radius 1 is 1.19 bits per heavy atom. The van der Waals surface area contributed by atoms with Gasteiger partial charge in [-0.25, -0.2) is 4.79 Å². The summed E-state index contributed by atoms with van der Waals surface area (Å²) in [6, 6.07) is 7.56. The minimum absolute atomic E-state index is 0.325. The highest BCUT2D eigenvalue weighted by Gasteiger charge is 2.15. The first kappa shape index (κ1) is 18.1. The van der Waals surface area contributed by atoms with Crippen molar-refractivity contribution < 1.29 is 9.53 Å². The van der Waals surface area contributed by atoms with Crippen LogP contribution in [0.3, 0.4) is 0 Å². The molecule has 0 amide bonds. The Morgan fingerprint density at radius 2 is 1.96 bits per heavy atom. The summed E-state index contributed by atoms with van der Waals surface area (Å²) < 4.78 is 5.09. The van der Waals surface area contributed by atoms with Crippen LogP contribution < -0.4 is 10.6 Å². The molecule has 0 unspecified atom stereocenters. The van der Waals surface area contributed by atoms with Gasteiger partial charge in [0.05, 0.1) is 24.1 Å². The second kappa shape index (κ2) is 9.12. The van der Waals surface area contributed by atoms with Crippen molar-refractivity contribution in [3.05, 3.63) is 36.0 Å². The molecule has 7 nitrogen and oxygen atoms in total. The lowest BCUT2D eigenvalue weighted by atomic mass is 10.1. The highest BCUT2D eigenvalue weighted by molar-refractivity contribution is 5.96. The number of hydrogen-bond acceptors (Lipinski definition) is 7. The largest absolute Gasteiger partial charge is 0.462 e. The molecule has 0 aliphatic heterocycles. The third-order valence-corrected chi connectivity index (χ3v) is 4.43. The normalized spacial score (nSPS) is 15.1. The molecule has 0 bridgehead atoms. The predicted molar refractivity (Wildman–Crippen MR) is 101 cm³/mol. The number of hydrogen-bond donors (Lipinski definition) is 2. The molecule has 1 fully saturated rings. The van der Waals surface area contributed by atoms with Gasteiger partial charge in [-0.3, -0.25) is 0 Å². The summed E-state index contributed by atoms with van der Waals surface area (Å²) >= 11 is 0. The van der Waals surface area contributed by atoms with Crippen molar-refractivity contribution in [2.24, 2.45) is 0 Å². The lowest BCUT2D eigenvalue weighted by Crippen LogP contribution is -2.19. The SMILES string of the molecule is CCOC(=O)c1ccccc1Nc1nncc(NC2CCCCCC2)n1. The Bertz CT molecular complexity index is 729. The lowest BCUT2D eigenvalue weighted by Gasteiger charge is -2.17. The van der Waals surface area contributed by atoms with E-state index in [2.05, 4.69) is 25.8 Å². The summed E-state index contributed by atoms with van der Waals surface area (Å²) in [5, 5.41) is 14.6. The Morgan fingerprint density at radius 3 is 2.73 bits per heavy atom. The average molecular weight is 355 g/mol. The molecule has 1 aromatic carbocycles. The number of carbonyl (C=O) groups excluding carboxylic acids is 1. The molecule has 7 heteroatoms. The van der Waals surface area contributed by atoms with Crippen molar-refractivity contribution in [2.45, 2.75) is 51.5 Å². The van der Waals surface area contributed by atoms with Gasteiger partial charge in [-0.1, -0.05) is 37.8 Å². The number of benzene rings is 1. The molecule has 1 aliphatic carbocycles. The van der Waals surface area contributed by atoms with Gasteiger partial charge in [0.25, 0.3) is 0 Å². The van der Waals surface area contributed by atoms with Crippen LogP contribution in [0.15, 0.2) is 30.5 Å². The van der Waals surface area contributed by atoms with Crippen LogP contribution in [0.2, 0.25) is 0 Å². The Balaban J connectivity index is 1.72. The Hall–Kier alpha value is -2.70. The molecule has 1 saturated carbocycles. The van der Waals surface area contributed by atoms with Crippen LogP contribution in [0.5, 0.6) is 0 Å². The van der Waals surface area contributed by atoms with Gasteiger partial charge >= 0.3 is 5.97 Å². The fourth-order valence-corrected chi connectivity index (χ4v) is 3.16. The summed E-state index contributed by atoms with van der Waals surface area (Å²) in [6.45, 7) is 2.11. The second-order valence-electron chi connectivity index (χ2n) is 6.39. The quantitative estimate of drug-likeness (QED) is 0.599. The monoisotopic (exact) mass is 355 g/mol. The van der Waals surface area contributed by atoms with Crippen LogP contribution in [-0.4, -0.2) is 33.8 Å². The zero-order valence-corrected chi connectivity index (χ0v) is 15.1.